The van der Waals surface area contributed by atoms with E-state index < -0.39 is 11.6 Å². The normalized spacial score (nSPS) is 18.4. The molecule has 4 rings (SSSR count). The van der Waals surface area contributed by atoms with Crippen LogP contribution in [-0.4, -0.2) is 52.2 Å². The Morgan fingerprint density at radius 2 is 1.93 bits per heavy atom. The van der Waals surface area contributed by atoms with E-state index in [0.29, 0.717) is 13.0 Å². The number of aromatic nitrogens is 1. The van der Waals surface area contributed by atoms with Gasteiger partial charge >= 0.3 is 0 Å². The van der Waals surface area contributed by atoms with Crippen molar-refractivity contribution in [3.63, 3.8) is 0 Å². The maximum Gasteiger partial charge on any atom is 0.159 e. The van der Waals surface area contributed by atoms with Gasteiger partial charge in [-0.15, -0.1) is 0 Å². The van der Waals surface area contributed by atoms with Crippen molar-refractivity contribution in [1.82, 2.24) is 14.8 Å². The first-order valence-corrected chi connectivity index (χ1v) is 9.97. The van der Waals surface area contributed by atoms with Gasteiger partial charge in [-0.3, -0.25) is 14.8 Å². The van der Waals surface area contributed by atoms with E-state index in [1.165, 1.54) is 23.1 Å². The van der Waals surface area contributed by atoms with Crippen LogP contribution < -0.4 is 0 Å². The number of hydrogen-bond donors (Lipinski definition) is 1. The van der Waals surface area contributed by atoms with E-state index in [2.05, 4.69) is 39.0 Å². The van der Waals surface area contributed by atoms with Crippen molar-refractivity contribution in [3.8, 4) is 0 Å². The number of fused-ring (bicyclic) bond motifs is 1. The first kappa shape index (κ1) is 19.9. The van der Waals surface area contributed by atoms with E-state index in [1.807, 2.05) is 12.4 Å². The zero-order valence-corrected chi connectivity index (χ0v) is 16.3. The Morgan fingerprint density at radius 1 is 1.03 bits per heavy atom. The fourth-order valence-corrected chi connectivity index (χ4v) is 4.17. The standard InChI is InChI=1S/C23H25F2N3O/c24-22-5-4-17(12-23(22)25)14-28-10-9-27(16-20(28)7-11-29)15-19-3-1-2-18-13-26-8-6-21(18)19/h1-6,8,12-13,20,29H,7,9-11,14-16H2/t20-/m1/s1. The van der Waals surface area contributed by atoms with Crippen LogP contribution in [0.3, 0.4) is 0 Å². The van der Waals surface area contributed by atoms with E-state index >= 15 is 0 Å². The van der Waals surface area contributed by atoms with Gasteiger partial charge in [0.05, 0.1) is 0 Å². The van der Waals surface area contributed by atoms with Crippen LogP contribution in [0.15, 0.2) is 54.9 Å². The molecule has 0 amide bonds. The van der Waals surface area contributed by atoms with E-state index in [0.717, 1.165) is 37.1 Å². The molecule has 152 valence electrons. The summed E-state index contributed by atoms with van der Waals surface area (Å²) < 4.78 is 26.8. The maximum atomic E-state index is 13.6. The van der Waals surface area contributed by atoms with Crippen LogP contribution >= 0.6 is 0 Å². The van der Waals surface area contributed by atoms with Gasteiger partial charge in [0.25, 0.3) is 0 Å². The number of hydrogen-bond acceptors (Lipinski definition) is 4. The molecule has 4 nitrogen and oxygen atoms in total. The molecule has 1 aliphatic heterocycles. The minimum atomic E-state index is -0.823. The van der Waals surface area contributed by atoms with Crippen LogP contribution in [0.5, 0.6) is 0 Å². The third-order valence-corrected chi connectivity index (χ3v) is 5.69. The third kappa shape index (κ3) is 4.61. The molecule has 3 aromatic rings. The molecular formula is C23H25F2N3O. The zero-order valence-electron chi connectivity index (χ0n) is 16.3. The fraction of sp³-hybridized carbons (Fsp3) is 0.348. The van der Waals surface area contributed by atoms with E-state index in [9.17, 15) is 13.9 Å². The summed E-state index contributed by atoms with van der Waals surface area (Å²) in [5.41, 5.74) is 2.02. The van der Waals surface area contributed by atoms with Crippen LogP contribution in [-0.2, 0) is 13.1 Å². The molecule has 1 saturated heterocycles. The average molecular weight is 397 g/mol. The second kappa shape index (κ2) is 8.95. The van der Waals surface area contributed by atoms with Crippen molar-refractivity contribution >= 4 is 10.8 Å². The number of rotatable bonds is 6. The van der Waals surface area contributed by atoms with Crippen LogP contribution in [0.25, 0.3) is 10.8 Å². The minimum Gasteiger partial charge on any atom is -0.396 e. The molecule has 2 aromatic carbocycles. The van der Waals surface area contributed by atoms with Gasteiger partial charge < -0.3 is 5.11 Å². The molecular weight excluding hydrogens is 372 g/mol. The summed E-state index contributed by atoms with van der Waals surface area (Å²) >= 11 is 0. The maximum absolute atomic E-state index is 13.6. The summed E-state index contributed by atoms with van der Waals surface area (Å²) in [6, 6.07) is 12.6. The summed E-state index contributed by atoms with van der Waals surface area (Å²) in [5, 5.41) is 11.9. The molecule has 0 bridgehead atoms. The number of pyridine rings is 1. The molecule has 1 fully saturated rings. The number of aliphatic hydroxyl groups excluding tert-OH is 1. The molecule has 1 aromatic heterocycles. The van der Waals surface area contributed by atoms with E-state index in [-0.39, 0.29) is 12.6 Å². The summed E-state index contributed by atoms with van der Waals surface area (Å²) in [5.74, 6) is -1.64. The summed E-state index contributed by atoms with van der Waals surface area (Å²) in [6.07, 6.45) is 4.35. The second-order valence-electron chi connectivity index (χ2n) is 7.63. The van der Waals surface area contributed by atoms with Gasteiger partial charge in [0.15, 0.2) is 11.6 Å². The first-order chi connectivity index (χ1) is 14.1. The lowest BCUT2D eigenvalue weighted by molar-refractivity contribution is 0.0501. The Labute approximate surface area is 169 Å². The Morgan fingerprint density at radius 3 is 2.76 bits per heavy atom. The monoisotopic (exact) mass is 397 g/mol. The predicted octanol–water partition coefficient (Wildman–Crippen LogP) is 3.58. The zero-order chi connectivity index (χ0) is 20.2. The van der Waals surface area contributed by atoms with Gasteiger partial charge in [-0.05, 0) is 41.1 Å². The van der Waals surface area contributed by atoms with Crippen molar-refractivity contribution in [3.05, 3.63) is 77.6 Å². The molecule has 0 radical (unpaired) electrons. The van der Waals surface area contributed by atoms with E-state index in [1.54, 1.807) is 6.07 Å². The van der Waals surface area contributed by atoms with Crippen molar-refractivity contribution in [2.24, 2.45) is 0 Å². The van der Waals surface area contributed by atoms with Crippen molar-refractivity contribution in [2.45, 2.75) is 25.6 Å². The van der Waals surface area contributed by atoms with Crippen LogP contribution in [0.2, 0.25) is 0 Å². The Hall–Kier alpha value is -2.41. The highest BCUT2D eigenvalue weighted by Gasteiger charge is 2.27. The lowest BCUT2D eigenvalue weighted by atomic mass is 10.0. The van der Waals surface area contributed by atoms with Gasteiger partial charge in [-0.1, -0.05) is 24.3 Å². The van der Waals surface area contributed by atoms with Gasteiger partial charge in [0, 0.05) is 63.2 Å². The van der Waals surface area contributed by atoms with Crippen molar-refractivity contribution in [1.29, 1.82) is 0 Å². The molecule has 0 unspecified atom stereocenters. The Kier molecular flexibility index (Phi) is 6.13. The molecule has 29 heavy (non-hydrogen) atoms. The van der Waals surface area contributed by atoms with E-state index in [4.69, 9.17) is 0 Å². The molecule has 0 aliphatic carbocycles. The smallest absolute Gasteiger partial charge is 0.159 e. The van der Waals surface area contributed by atoms with Crippen molar-refractivity contribution < 1.29 is 13.9 Å². The summed E-state index contributed by atoms with van der Waals surface area (Å²) in [4.78, 5) is 8.86. The quantitative estimate of drug-likeness (QED) is 0.690. The lowest BCUT2D eigenvalue weighted by Gasteiger charge is -2.41. The van der Waals surface area contributed by atoms with Gasteiger partial charge in [-0.25, -0.2) is 8.78 Å². The molecule has 2 heterocycles. The fourth-order valence-electron chi connectivity index (χ4n) is 4.17. The van der Waals surface area contributed by atoms with Gasteiger partial charge in [0.2, 0.25) is 0 Å². The lowest BCUT2D eigenvalue weighted by Crippen LogP contribution is -2.52. The predicted molar refractivity (Wildman–Crippen MR) is 109 cm³/mol. The number of benzene rings is 2. The summed E-state index contributed by atoms with van der Waals surface area (Å²) in [6.45, 7) is 4.01. The number of nitrogens with zero attached hydrogens (tertiary/aromatic N) is 3. The highest BCUT2D eigenvalue weighted by molar-refractivity contribution is 5.84. The van der Waals surface area contributed by atoms with Gasteiger partial charge in [-0.2, -0.15) is 0 Å². The van der Waals surface area contributed by atoms with Crippen molar-refractivity contribution in [2.75, 3.05) is 26.2 Å². The van der Waals surface area contributed by atoms with Crippen LogP contribution in [0.4, 0.5) is 8.78 Å². The summed E-state index contributed by atoms with van der Waals surface area (Å²) in [7, 11) is 0. The molecule has 0 saturated carbocycles. The SMILES string of the molecule is OCC[C@@H]1CN(Cc2cccc3cnccc23)CCN1Cc1ccc(F)c(F)c1. The largest absolute Gasteiger partial charge is 0.396 e. The molecule has 1 N–H and O–H groups in total. The molecule has 6 heteroatoms. The van der Waals surface area contributed by atoms with Crippen LogP contribution in [0.1, 0.15) is 17.5 Å². The number of aliphatic hydroxyl groups is 1. The molecule has 1 aliphatic rings. The number of piperazine rings is 1. The Balaban J connectivity index is 1.46. The first-order valence-electron chi connectivity index (χ1n) is 9.97. The minimum absolute atomic E-state index is 0.104. The second-order valence-corrected chi connectivity index (χ2v) is 7.63. The van der Waals surface area contributed by atoms with Gasteiger partial charge in [0.1, 0.15) is 0 Å². The Bertz CT molecular complexity index is 976. The average Bonchev–Trinajstić information content (AvgIpc) is 2.73. The third-order valence-electron chi connectivity index (χ3n) is 5.69. The highest BCUT2D eigenvalue weighted by Crippen LogP contribution is 2.23. The van der Waals surface area contributed by atoms with Crippen LogP contribution in [0, 0.1) is 11.6 Å². The number of halogens is 2. The molecule has 1 atom stereocenters. The highest BCUT2D eigenvalue weighted by atomic mass is 19.2. The topological polar surface area (TPSA) is 39.6 Å². The molecule has 0 spiro atoms.